The fourth-order valence-corrected chi connectivity index (χ4v) is 7.59. The van der Waals surface area contributed by atoms with Gasteiger partial charge in [-0.15, -0.1) is 0 Å². The van der Waals surface area contributed by atoms with Gasteiger partial charge in [-0.05, 0) is 32.7 Å². The summed E-state index contributed by atoms with van der Waals surface area (Å²) in [6, 6.07) is 0.426. The van der Waals surface area contributed by atoms with Crippen LogP contribution in [0.3, 0.4) is 0 Å². The normalized spacial score (nSPS) is 17.3. The zero-order valence-corrected chi connectivity index (χ0v) is 31.9. The first-order valence-electron chi connectivity index (χ1n) is 21.3. The topological polar surface area (TPSA) is 24.4 Å². The molecule has 3 nitrogen and oxygen atoms in total. The number of amidine groups is 1. The van der Waals surface area contributed by atoms with E-state index < -0.39 is 0 Å². The van der Waals surface area contributed by atoms with Crippen LogP contribution in [0, 0.1) is 0 Å². The Balaban J connectivity index is 1.91. The molecule has 0 aliphatic carbocycles. The Morgan fingerprint density at radius 1 is 0.489 bits per heavy atom. The maximum atomic E-state index is 5.00. The van der Waals surface area contributed by atoms with E-state index in [1.54, 1.807) is 0 Å². The van der Waals surface area contributed by atoms with Crippen LogP contribution in [0.2, 0.25) is 0 Å². The minimum atomic E-state index is 0.426. The van der Waals surface area contributed by atoms with E-state index >= 15 is 0 Å². The molecule has 268 valence electrons. The maximum absolute atomic E-state index is 5.00. The first kappa shape index (κ1) is 42.6. The number of likely N-dealkylation sites (N-methyl/N-ethyl adjacent to an activating group) is 1. The molecule has 1 aliphatic heterocycles. The van der Waals surface area contributed by atoms with E-state index in [0.717, 1.165) is 17.6 Å². The van der Waals surface area contributed by atoms with Crippen LogP contribution < -0.4 is 5.32 Å². The van der Waals surface area contributed by atoms with Crippen molar-refractivity contribution < 1.29 is 4.48 Å². The van der Waals surface area contributed by atoms with E-state index in [2.05, 4.69) is 33.1 Å². The molecule has 1 N–H and O–H groups in total. The van der Waals surface area contributed by atoms with E-state index in [1.807, 2.05) is 0 Å². The molecular formula is C42H86N3+. The fourth-order valence-electron chi connectivity index (χ4n) is 7.59. The molecular weight excluding hydrogens is 546 g/mol. The molecule has 0 saturated heterocycles. The molecule has 0 aromatic heterocycles. The van der Waals surface area contributed by atoms with Gasteiger partial charge in [-0.3, -0.25) is 4.48 Å². The quantitative estimate of drug-likeness (QED) is 0.0539. The van der Waals surface area contributed by atoms with Gasteiger partial charge >= 0.3 is 0 Å². The number of unbranched alkanes of at least 4 members (excludes halogenated alkanes) is 30. The molecule has 2 atom stereocenters. The Labute approximate surface area is 285 Å². The number of rotatable bonds is 36. The van der Waals surface area contributed by atoms with Crippen LogP contribution in [0.15, 0.2) is 4.99 Å². The van der Waals surface area contributed by atoms with Crippen LogP contribution in [-0.4, -0.2) is 49.6 Å². The van der Waals surface area contributed by atoms with Gasteiger partial charge in [0.05, 0.1) is 26.2 Å². The van der Waals surface area contributed by atoms with Gasteiger partial charge in [0, 0.05) is 0 Å². The van der Waals surface area contributed by atoms with Gasteiger partial charge in [-0.1, -0.05) is 200 Å². The first-order valence-corrected chi connectivity index (χ1v) is 21.3. The van der Waals surface area contributed by atoms with Crippen LogP contribution >= 0.6 is 0 Å². The van der Waals surface area contributed by atoms with Gasteiger partial charge in [0.25, 0.3) is 0 Å². The molecule has 0 spiro atoms. The standard InChI is InChI=1S/C42H86N3/c1-5-7-9-11-13-15-17-19-21-23-25-27-29-31-33-35-37-43-41(3)42-44-38-40-45(42,4)39-36-34-32-30-28-26-24-22-20-18-16-14-12-10-8-6-2/h41,43H,5-40H2,1-4H3/q+1. The predicted molar refractivity (Wildman–Crippen MR) is 205 cm³/mol. The number of quaternary nitrogens is 1. The first-order chi connectivity index (χ1) is 22.1. The molecule has 2 unspecified atom stereocenters. The molecule has 0 fully saturated rings. The lowest BCUT2D eigenvalue weighted by Crippen LogP contribution is -2.55. The zero-order chi connectivity index (χ0) is 32.5. The highest BCUT2D eigenvalue weighted by molar-refractivity contribution is 5.82. The Bertz CT molecular complexity index is 631. The molecule has 0 aromatic rings. The van der Waals surface area contributed by atoms with Crippen molar-refractivity contribution in [2.45, 2.75) is 232 Å². The Kier molecular flexibility index (Phi) is 30.4. The predicted octanol–water partition coefficient (Wildman–Crippen LogP) is 13.3. The van der Waals surface area contributed by atoms with Crippen molar-refractivity contribution in [3.05, 3.63) is 0 Å². The van der Waals surface area contributed by atoms with Crippen molar-refractivity contribution in [1.82, 2.24) is 5.32 Å². The van der Waals surface area contributed by atoms with Crippen molar-refractivity contribution in [1.29, 1.82) is 0 Å². The number of aliphatic imine (C=N–C) groups is 1. The number of hydrogen-bond donors (Lipinski definition) is 1. The number of nitrogens with one attached hydrogen (secondary N) is 1. The van der Waals surface area contributed by atoms with E-state index in [1.165, 1.54) is 224 Å². The van der Waals surface area contributed by atoms with Crippen molar-refractivity contribution in [2.75, 3.05) is 33.2 Å². The summed E-state index contributed by atoms with van der Waals surface area (Å²) in [6.07, 6.45) is 46.1. The lowest BCUT2D eigenvalue weighted by atomic mass is 10.0. The zero-order valence-electron chi connectivity index (χ0n) is 31.9. The summed E-state index contributed by atoms with van der Waals surface area (Å²) in [4.78, 5) is 5.00. The smallest absolute Gasteiger partial charge is 0.215 e. The lowest BCUT2D eigenvalue weighted by molar-refractivity contribution is -0.816. The third-order valence-electron chi connectivity index (χ3n) is 10.8. The Hall–Kier alpha value is -0.410. The summed E-state index contributed by atoms with van der Waals surface area (Å²) in [5.41, 5.74) is 0. The molecule has 45 heavy (non-hydrogen) atoms. The average Bonchev–Trinajstić information content (AvgIpc) is 3.43. The highest BCUT2D eigenvalue weighted by atomic mass is 15.4. The van der Waals surface area contributed by atoms with Gasteiger partial charge < -0.3 is 5.32 Å². The van der Waals surface area contributed by atoms with Gasteiger partial charge in [0.1, 0.15) is 6.54 Å². The summed E-state index contributed by atoms with van der Waals surface area (Å²) >= 11 is 0. The van der Waals surface area contributed by atoms with Gasteiger partial charge in [-0.2, -0.15) is 0 Å². The lowest BCUT2D eigenvalue weighted by Gasteiger charge is -2.33. The summed E-state index contributed by atoms with van der Waals surface area (Å²) in [5, 5.41) is 3.84. The van der Waals surface area contributed by atoms with Crippen LogP contribution in [0.25, 0.3) is 0 Å². The van der Waals surface area contributed by atoms with Crippen molar-refractivity contribution in [3.8, 4) is 0 Å². The second-order valence-corrected chi connectivity index (χ2v) is 15.4. The SMILES string of the molecule is CCCCCCCCCCCCCCCCCCNC(C)C1=NCC[N+]1(C)CCCCCCCCCCCCCCCCCC. The fraction of sp³-hybridized carbons (Fsp3) is 0.976. The van der Waals surface area contributed by atoms with Crippen molar-refractivity contribution >= 4 is 5.84 Å². The molecule has 0 saturated carbocycles. The van der Waals surface area contributed by atoms with Crippen LogP contribution in [-0.2, 0) is 0 Å². The molecule has 1 heterocycles. The van der Waals surface area contributed by atoms with Crippen LogP contribution in [0.4, 0.5) is 0 Å². The highest BCUT2D eigenvalue weighted by Gasteiger charge is 2.36. The molecule has 0 amide bonds. The molecule has 0 bridgehead atoms. The molecule has 1 rings (SSSR count). The maximum Gasteiger partial charge on any atom is 0.215 e. The third-order valence-corrected chi connectivity index (χ3v) is 10.8. The minimum absolute atomic E-state index is 0.426. The monoisotopic (exact) mass is 633 g/mol. The molecule has 0 aromatic carbocycles. The van der Waals surface area contributed by atoms with Crippen molar-refractivity contribution in [2.24, 2.45) is 4.99 Å². The van der Waals surface area contributed by atoms with E-state index in [4.69, 9.17) is 4.99 Å². The van der Waals surface area contributed by atoms with E-state index in [0.29, 0.717) is 6.04 Å². The molecule has 1 aliphatic rings. The van der Waals surface area contributed by atoms with E-state index in [9.17, 15) is 0 Å². The van der Waals surface area contributed by atoms with Gasteiger partial charge in [-0.25, -0.2) is 4.99 Å². The molecule has 0 radical (unpaired) electrons. The van der Waals surface area contributed by atoms with Crippen molar-refractivity contribution in [3.63, 3.8) is 0 Å². The van der Waals surface area contributed by atoms with Crippen LogP contribution in [0.1, 0.15) is 226 Å². The van der Waals surface area contributed by atoms with Crippen LogP contribution in [0.5, 0.6) is 0 Å². The summed E-state index contributed by atoms with van der Waals surface area (Å²) < 4.78 is 1.09. The second-order valence-electron chi connectivity index (χ2n) is 15.4. The second kappa shape index (κ2) is 32.2. The summed E-state index contributed by atoms with van der Waals surface area (Å²) in [5.74, 6) is 1.42. The summed E-state index contributed by atoms with van der Waals surface area (Å²) in [6.45, 7) is 11.6. The van der Waals surface area contributed by atoms with E-state index in [-0.39, 0.29) is 0 Å². The third kappa shape index (κ3) is 25.3. The number of hydrogen-bond acceptors (Lipinski definition) is 2. The van der Waals surface area contributed by atoms with Gasteiger partial charge in [0.15, 0.2) is 0 Å². The number of nitrogens with zero attached hydrogens (tertiary/aromatic N) is 2. The summed E-state index contributed by atoms with van der Waals surface area (Å²) in [7, 11) is 2.45. The Morgan fingerprint density at radius 2 is 0.800 bits per heavy atom. The Morgan fingerprint density at radius 3 is 1.16 bits per heavy atom. The average molecular weight is 633 g/mol. The minimum Gasteiger partial charge on any atom is -0.304 e. The largest absolute Gasteiger partial charge is 0.304 e. The highest BCUT2D eigenvalue weighted by Crippen LogP contribution is 2.19. The van der Waals surface area contributed by atoms with Gasteiger partial charge in [0.2, 0.25) is 5.84 Å². The molecule has 3 heteroatoms.